The van der Waals surface area contributed by atoms with Crippen LogP contribution in [0.15, 0.2) is 53.6 Å². The minimum Gasteiger partial charge on any atom is -0.334 e. The molecule has 26 heavy (non-hydrogen) atoms. The molecule has 6 heteroatoms. The topological polar surface area (TPSA) is 79.0 Å². The average molecular weight is 348 g/mol. The van der Waals surface area contributed by atoms with Gasteiger partial charge in [-0.25, -0.2) is 5.10 Å². The number of fused-ring (bicyclic) bond motifs is 1. The summed E-state index contributed by atoms with van der Waals surface area (Å²) in [6.45, 7) is 0.731. The van der Waals surface area contributed by atoms with E-state index in [4.69, 9.17) is 0 Å². The highest BCUT2D eigenvalue weighted by Crippen LogP contribution is 2.25. The fourth-order valence-electron chi connectivity index (χ4n) is 3.70. The first-order valence-corrected chi connectivity index (χ1v) is 8.91. The molecule has 3 heterocycles. The number of carbonyl (C=O) groups excluding carboxylic acids is 1. The maximum absolute atomic E-state index is 13.1. The maximum Gasteiger partial charge on any atom is 0.275 e. The Labute approximate surface area is 150 Å². The molecule has 0 saturated carbocycles. The second-order valence-electron chi connectivity index (χ2n) is 6.64. The number of nitrogens with zero attached hydrogens (tertiary/aromatic N) is 3. The third-order valence-corrected chi connectivity index (χ3v) is 5.05. The molecule has 3 aromatic rings. The van der Waals surface area contributed by atoms with E-state index in [2.05, 4.69) is 15.2 Å². The highest BCUT2D eigenvalue weighted by molar-refractivity contribution is 6.04. The average Bonchev–Trinajstić information content (AvgIpc) is 3.16. The van der Waals surface area contributed by atoms with Crippen LogP contribution in [0.4, 0.5) is 0 Å². The molecule has 1 atom stereocenters. The molecule has 1 N–H and O–H groups in total. The number of rotatable bonds is 4. The van der Waals surface area contributed by atoms with Crippen molar-refractivity contribution in [2.24, 2.45) is 0 Å². The number of benzene rings is 1. The lowest BCUT2D eigenvalue weighted by Gasteiger charge is -2.24. The molecule has 1 aromatic carbocycles. The Morgan fingerprint density at radius 3 is 2.73 bits per heavy atom. The number of hydrogen-bond donors (Lipinski definition) is 1. The standard InChI is InChI=1S/C20H20N4O2/c25-19-17-6-2-1-5-16(17)18(22-23-19)20(26)24-13-3-4-15(24)8-7-14-9-11-21-12-10-14/h1-2,5-6,9-12,15H,3-4,7-8,13H2,(H,23,25). The summed E-state index contributed by atoms with van der Waals surface area (Å²) in [4.78, 5) is 31.0. The third-order valence-electron chi connectivity index (χ3n) is 5.05. The van der Waals surface area contributed by atoms with Crippen molar-refractivity contribution < 1.29 is 4.79 Å². The number of pyridine rings is 1. The minimum atomic E-state index is -0.271. The molecule has 4 rings (SSSR count). The van der Waals surface area contributed by atoms with E-state index in [9.17, 15) is 9.59 Å². The van der Waals surface area contributed by atoms with E-state index in [0.717, 1.165) is 32.2 Å². The van der Waals surface area contributed by atoms with Crippen molar-refractivity contribution in [1.82, 2.24) is 20.1 Å². The summed E-state index contributed by atoms with van der Waals surface area (Å²) in [5, 5.41) is 7.64. The van der Waals surface area contributed by atoms with E-state index in [1.165, 1.54) is 5.56 Å². The molecule has 132 valence electrons. The number of aromatic nitrogens is 3. The number of likely N-dealkylation sites (tertiary alicyclic amines) is 1. The van der Waals surface area contributed by atoms with Gasteiger partial charge >= 0.3 is 0 Å². The lowest BCUT2D eigenvalue weighted by Crippen LogP contribution is -2.37. The van der Waals surface area contributed by atoms with E-state index in [1.54, 1.807) is 30.6 Å². The van der Waals surface area contributed by atoms with E-state index >= 15 is 0 Å². The number of hydrogen-bond acceptors (Lipinski definition) is 4. The smallest absolute Gasteiger partial charge is 0.275 e. The summed E-state index contributed by atoms with van der Waals surface area (Å²) in [6, 6.07) is 11.3. The first-order valence-electron chi connectivity index (χ1n) is 8.91. The van der Waals surface area contributed by atoms with Gasteiger partial charge in [-0.15, -0.1) is 0 Å². The predicted octanol–water partition coefficient (Wildman–Crippen LogP) is 2.56. The summed E-state index contributed by atoms with van der Waals surface area (Å²) in [5.74, 6) is -0.102. The Hall–Kier alpha value is -3.02. The van der Waals surface area contributed by atoms with Crippen LogP contribution in [0.3, 0.4) is 0 Å². The number of H-pyrrole nitrogens is 1. The van der Waals surface area contributed by atoms with Crippen LogP contribution in [-0.2, 0) is 6.42 Å². The van der Waals surface area contributed by atoms with Gasteiger partial charge in [-0.3, -0.25) is 14.6 Å². The second-order valence-corrected chi connectivity index (χ2v) is 6.64. The normalized spacial score (nSPS) is 16.9. The molecule has 1 saturated heterocycles. The molecule has 6 nitrogen and oxygen atoms in total. The minimum absolute atomic E-state index is 0.102. The monoisotopic (exact) mass is 348 g/mol. The first-order chi connectivity index (χ1) is 12.7. The van der Waals surface area contributed by atoms with Crippen LogP contribution in [0.1, 0.15) is 35.3 Å². The van der Waals surface area contributed by atoms with Gasteiger partial charge in [0.1, 0.15) is 0 Å². The molecular formula is C20H20N4O2. The lowest BCUT2D eigenvalue weighted by molar-refractivity contribution is 0.0725. The van der Waals surface area contributed by atoms with Crippen molar-refractivity contribution in [3.8, 4) is 0 Å². The Balaban J connectivity index is 1.57. The summed E-state index contributed by atoms with van der Waals surface area (Å²) in [6.07, 6.45) is 7.41. The van der Waals surface area contributed by atoms with Gasteiger partial charge in [0.05, 0.1) is 5.39 Å². The first kappa shape index (κ1) is 16.4. The Bertz CT molecular complexity index is 984. The zero-order valence-electron chi connectivity index (χ0n) is 14.4. The van der Waals surface area contributed by atoms with E-state index in [0.29, 0.717) is 16.5 Å². The maximum atomic E-state index is 13.1. The van der Waals surface area contributed by atoms with Gasteiger partial charge in [0.25, 0.3) is 11.5 Å². The molecule has 1 amide bonds. The summed E-state index contributed by atoms with van der Waals surface area (Å²) in [5.41, 5.74) is 1.29. The summed E-state index contributed by atoms with van der Waals surface area (Å²) >= 11 is 0. The highest BCUT2D eigenvalue weighted by Gasteiger charge is 2.31. The van der Waals surface area contributed by atoms with Gasteiger partial charge in [-0.2, -0.15) is 5.10 Å². The zero-order chi connectivity index (χ0) is 17.9. The van der Waals surface area contributed by atoms with Gasteiger partial charge in [-0.1, -0.05) is 18.2 Å². The fraction of sp³-hybridized carbons (Fsp3) is 0.300. The molecule has 1 fully saturated rings. The summed E-state index contributed by atoms with van der Waals surface area (Å²) in [7, 11) is 0. The number of carbonyl (C=O) groups is 1. The SMILES string of the molecule is O=C(c1n[nH]c(=O)c2ccccc12)N1CCCC1CCc1ccncc1. The van der Waals surface area contributed by atoms with Gasteiger partial charge in [0, 0.05) is 30.4 Å². The summed E-state index contributed by atoms with van der Waals surface area (Å²) < 4.78 is 0. The molecule has 0 bridgehead atoms. The van der Waals surface area contributed by atoms with Crippen LogP contribution >= 0.6 is 0 Å². The van der Waals surface area contributed by atoms with Crippen LogP contribution < -0.4 is 5.56 Å². The zero-order valence-corrected chi connectivity index (χ0v) is 14.4. The molecule has 1 unspecified atom stereocenters. The van der Waals surface area contributed by atoms with Crippen LogP contribution in [0.5, 0.6) is 0 Å². The fourth-order valence-corrected chi connectivity index (χ4v) is 3.70. The molecule has 0 radical (unpaired) electrons. The van der Waals surface area contributed by atoms with Crippen molar-refractivity contribution in [3.63, 3.8) is 0 Å². The quantitative estimate of drug-likeness (QED) is 0.786. The van der Waals surface area contributed by atoms with Crippen molar-refractivity contribution in [2.75, 3.05) is 6.54 Å². The Morgan fingerprint density at radius 2 is 1.92 bits per heavy atom. The molecule has 0 spiro atoms. The number of aryl methyl sites for hydroxylation is 1. The Kier molecular flexibility index (Phi) is 4.48. The highest BCUT2D eigenvalue weighted by atomic mass is 16.2. The number of nitrogens with one attached hydrogen (secondary N) is 1. The van der Waals surface area contributed by atoms with Gasteiger partial charge in [0.15, 0.2) is 5.69 Å². The second kappa shape index (κ2) is 7.07. The molecule has 0 aliphatic carbocycles. The van der Waals surface area contributed by atoms with Crippen molar-refractivity contribution in [3.05, 3.63) is 70.4 Å². The number of aromatic amines is 1. The van der Waals surface area contributed by atoms with Crippen LogP contribution in [0.2, 0.25) is 0 Å². The van der Waals surface area contributed by atoms with Gasteiger partial charge in [0.2, 0.25) is 0 Å². The Morgan fingerprint density at radius 1 is 1.15 bits per heavy atom. The van der Waals surface area contributed by atoms with Gasteiger partial charge in [-0.05, 0) is 49.4 Å². The van der Waals surface area contributed by atoms with Crippen molar-refractivity contribution in [2.45, 2.75) is 31.7 Å². The van der Waals surface area contributed by atoms with Crippen LogP contribution in [-0.4, -0.2) is 38.6 Å². The van der Waals surface area contributed by atoms with Crippen LogP contribution in [0.25, 0.3) is 10.8 Å². The predicted molar refractivity (Wildman–Crippen MR) is 99.0 cm³/mol. The van der Waals surface area contributed by atoms with Crippen LogP contribution in [0, 0.1) is 0 Å². The largest absolute Gasteiger partial charge is 0.334 e. The van der Waals surface area contributed by atoms with E-state index in [-0.39, 0.29) is 17.5 Å². The molecule has 1 aliphatic heterocycles. The number of amides is 1. The molecular weight excluding hydrogens is 328 g/mol. The van der Waals surface area contributed by atoms with Crippen molar-refractivity contribution >= 4 is 16.7 Å². The van der Waals surface area contributed by atoms with E-state index in [1.807, 2.05) is 23.1 Å². The molecule has 2 aromatic heterocycles. The molecule has 1 aliphatic rings. The lowest BCUT2D eigenvalue weighted by atomic mass is 10.0. The van der Waals surface area contributed by atoms with Crippen molar-refractivity contribution in [1.29, 1.82) is 0 Å². The third kappa shape index (κ3) is 3.10. The van der Waals surface area contributed by atoms with Gasteiger partial charge < -0.3 is 4.90 Å². The van der Waals surface area contributed by atoms with E-state index < -0.39 is 0 Å².